The first-order valence-electron chi connectivity index (χ1n) is 10.4. The molecule has 0 radical (unpaired) electrons. The van der Waals surface area contributed by atoms with Gasteiger partial charge in [-0.25, -0.2) is 8.78 Å². The predicted octanol–water partition coefficient (Wildman–Crippen LogP) is 4.54. The number of amides is 1. The third-order valence-corrected chi connectivity index (χ3v) is 5.77. The number of benzene rings is 3. The number of carbonyl (C=O) groups excluding carboxylic acids is 1. The molecule has 1 aliphatic heterocycles. The largest absolute Gasteiger partial charge is 0.352 e. The monoisotopic (exact) mass is 430 g/mol. The van der Waals surface area contributed by atoms with Crippen LogP contribution in [0.4, 0.5) is 14.6 Å². The summed E-state index contributed by atoms with van der Waals surface area (Å²) in [5, 5.41) is 11.1. The van der Waals surface area contributed by atoms with E-state index < -0.39 is 17.5 Å². The zero-order valence-electron chi connectivity index (χ0n) is 17.2. The highest BCUT2D eigenvalue weighted by atomic mass is 19.1. The van der Waals surface area contributed by atoms with Crippen molar-refractivity contribution in [3.8, 4) is 11.3 Å². The smallest absolute Gasteiger partial charge is 0.256 e. The number of piperazine rings is 1. The number of aromatic nitrogens is 2. The van der Waals surface area contributed by atoms with Gasteiger partial charge in [0.15, 0.2) is 5.82 Å². The third kappa shape index (κ3) is 3.77. The lowest BCUT2D eigenvalue weighted by molar-refractivity contribution is 0.0741. The third-order valence-electron chi connectivity index (χ3n) is 5.77. The van der Waals surface area contributed by atoms with Crippen molar-refractivity contribution in [3.63, 3.8) is 0 Å². The van der Waals surface area contributed by atoms with Gasteiger partial charge in [0.05, 0.1) is 11.3 Å². The van der Waals surface area contributed by atoms with E-state index in [2.05, 4.69) is 28.4 Å². The molecule has 0 unspecified atom stereocenters. The molecule has 0 atom stereocenters. The molecule has 4 aromatic rings. The van der Waals surface area contributed by atoms with Crippen LogP contribution in [0.2, 0.25) is 0 Å². The highest BCUT2D eigenvalue weighted by molar-refractivity contribution is 5.96. The summed E-state index contributed by atoms with van der Waals surface area (Å²) in [4.78, 5) is 16.2. The lowest BCUT2D eigenvalue weighted by Crippen LogP contribution is -2.49. The summed E-state index contributed by atoms with van der Waals surface area (Å²) in [5.74, 6) is -1.24. The molecule has 0 N–H and O–H groups in total. The van der Waals surface area contributed by atoms with Crippen LogP contribution in [-0.2, 0) is 0 Å². The summed E-state index contributed by atoms with van der Waals surface area (Å²) in [6, 6.07) is 21.2. The van der Waals surface area contributed by atoms with E-state index >= 15 is 0 Å². The Balaban J connectivity index is 1.29. The fraction of sp³-hybridized carbons (Fsp3) is 0.160. The van der Waals surface area contributed by atoms with Crippen molar-refractivity contribution in [2.24, 2.45) is 0 Å². The van der Waals surface area contributed by atoms with Crippen molar-refractivity contribution < 1.29 is 13.6 Å². The highest BCUT2D eigenvalue weighted by Gasteiger charge is 2.25. The molecule has 5 rings (SSSR count). The molecule has 1 aromatic heterocycles. The molecule has 32 heavy (non-hydrogen) atoms. The molecule has 7 heteroatoms. The van der Waals surface area contributed by atoms with Crippen LogP contribution in [0, 0.1) is 11.6 Å². The predicted molar refractivity (Wildman–Crippen MR) is 119 cm³/mol. The molecule has 1 fully saturated rings. The van der Waals surface area contributed by atoms with Crippen LogP contribution in [0.3, 0.4) is 0 Å². The molecular weight excluding hydrogens is 410 g/mol. The normalized spacial score (nSPS) is 14.1. The van der Waals surface area contributed by atoms with E-state index in [9.17, 15) is 13.6 Å². The van der Waals surface area contributed by atoms with Crippen molar-refractivity contribution in [2.45, 2.75) is 0 Å². The van der Waals surface area contributed by atoms with E-state index in [1.165, 1.54) is 6.07 Å². The lowest BCUT2D eigenvalue weighted by atomic mass is 10.0. The molecule has 0 spiro atoms. The first-order valence-corrected chi connectivity index (χ1v) is 10.4. The molecule has 0 aliphatic carbocycles. The summed E-state index contributed by atoms with van der Waals surface area (Å²) in [6.07, 6.45) is 0. The van der Waals surface area contributed by atoms with E-state index in [4.69, 9.17) is 0 Å². The maximum absolute atomic E-state index is 14.0. The van der Waals surface area contributed by atoms with Crippen molar-refractivity contribution >= 4 is 22.5 Å². The molecule has 5 nitrogen and oxygen atoms in total. The van der Waals surface area contributed by atoms with Gasteiger partial charge < -0.3 is 9.80 Å². The fourth-order valence-corrected chi connectivity index (χ4v) is 4.06. The summed E-state index contributed by atoms with van der Waals surface area (Å²) in [6.45, 7) is 1.94. The molecular formula is C25H20F2N4O. The van der Waals surface area contributed by atoms with E-state index in [0.717, 1.165) is 40.0 Å². The van der Waals surface area contributed by atoms with Crippen LogP contribution < -0.4 is 4.90 Å². The summed E-state index contributed by atoms with van der Waals surface area (Å²) in [5.41, 5.74) is 1.71. The maximum Gasteiger partial charge on any atom is 0.256 e. The Morgan fingerprint density at radius 1 is 0.812 bits per heavy atom. The standard InChI is InChI=1S/C25H20F2N4O/c26-18-8-9-21(22(27)16-18)25(32)31-14-12-30(13-15-31)24-11-10-23(28-29-24)20-7-3-5-17-4-1-2-6-19(17)20/h1-11,16H,12-15H2. The Bertz CT molecular complexity index is 1280. The van der Waals surface area contributed by atoms with Crippen molar-refractivity contribution in [3.05, 3.63) is 90.0 Å². The minimum atomic E-state index is -0.840. The van der Waals surface area contributed by atoms with Crippen molar-refractivity contribution in [2.75, 3.05) is 31.1 Å². The Morgan fingerprint density at radius 3 is 2.34 bits per heavy atom. The number of hydrogen-bond acceptors (Lipinski definition) is 4. The Labute approximate surface area is 183 Å². The average Bonchev–Trinajstić information content (AvgIpc) is 2.83. The summed E-state index contributed by atoms with van der Waals surface area (Å²) < 4.78 is 27.1. The van der Waals surface area contributed by atoms with Gasteiger partial charge in [0.1, 0.15) is 11.6 Å². The Kier molecular flexibility index (Phi) is 5.23. The number of halogens is 2. The van der Waals surface area contributed by atoms with Crippen LogP contribution in [0.15, 0.2) is 72.8 Å². The lowest BCUT2D eigenvalue weighted by Gasteiger charge is -2.35. The Morgan fingerprint density at radius 2 is 1.59 bits per heavy atom. The van der Waals surface area contributed by atoms with Crippen LogP contribution in [0.5, 0.6) is 0 Å². The van der Waals surface area contributed by atoms with E-state index in [1.807, 2.05) is 41.3 Å². The van der Waals surface area contributed by atoms with Gasteiger partial charge in [0.2, 0.25) is 0 Å². The second kappa shape index (κ2) is 8.34. The Hall–Kier alpha value is -3.87. The molecule has 1 amide bonds. The quantitative estimate of drug-likeness (QED) is 0.479. The van der Waals surface area contributed by atoms with Gasteiger partial charge in [0.25, 0.3) is 5.91 Å². The van der Waals surface area contributed by atoms with Gasteiger partial charge in [-0.05, 0) is 35.0 Å². The van der Waals surface area contributed by atoms with Crippen LogP contribution in [0.1, 0.15) is 10.4 Å². The summed E-state index contributed by atoms with van der Waals surface area (Å²) >= 11 is 0. The van der Waals surface area contributed by atoms with Gasteiger partial charge in [-0.15, -0.1) is 10.2 Å². The SMILES string of the molecule is O=C(c1ccc(F)cc1F)N1CCN(c2ccc(-c3cccc4ccccc34)nn2)CC1. The van der Waals surface area contributed by atoms with Gasteiger partial charge in [-0.1, -0.05) is 42.5 Å². The van der Waals surface area contributed by atoms with E-state index in [-0.39, 0.29) is 5.56 Å². The molecule has 3 aromatic carbocycles. The summed E-state index contributed by atoms with van der Waals surface area (Å²) in [7, 11) is 0. The highest BCUT2D eigenvalue weighted by Crippen LogP contribution is 2.27. The van der Waals surface area contributed by atoms with Crippen molar-refractivity contribution in [1.82, 2.24) is 15.1 Å². The zero-order chi connectivity index (χ0) is 22.1. The first kappa shape index (κ1) is 20.1. The first-order chi connectivity index (χ1) is 15.6. The molecule has 0 bridgehead atoms. The topological polar surface area (TPSA) is 49.3 Å². The molecule has 1 aliphatic rings. The number of rotatable bonds is 3. The second-order valence-electron chi connectivity index (χ2n) is 7.71. The number of fused-ring (bicyclic) bond motifs is 1. The fourth-order valence-electron chi connectivity index (χ4n) is 4.06. The molecule has 0 saturated carbocycles. The molecule has 160 valence electrons. The van der Waals surface area contributed by atoms with E-state index in [0.29, 0.717) is 26.2 Å². The number of anilines is 1. The van der Waals surface area contributed by atoms with E-state index in [1.54, 1.807) is 4.90 Å². The van der Waals surface area contributed by atoms with Crippen molar-refractivity contribution in [1.29, 1.82) is 0 Å². The van der Waals surface area contributed by atoms with Gasteiger partial charge in [-0.3, -0.25) is 4.79 Å². The molecule has 1 saturated heterocycles. The second-order valence-corrected chi connectivity index (χ2v) is 7.71. The van der Waals surface area contributed by atoms with Gasteiger partial charge >= 0.3 is 0 Å². The minimum absolute atomic E-state index is 0.112. The number of nitrogens with zero attached hydrogens (tertiary/aromatic N) is 4. The van der Waals surface area contributed by atoms with Crippen LogP contribution in [0.25, 0.3) is 22.0 Å². The number of hydrogen-bond donors (Lipinski definition) is 0. The zero-order valence-corrected chi connectivity index (χ0v) is 17.2. The number of carbonyl (C=O) groups is 1. The average molecular weight is 430 g/mol. The van der Waals surface area contributed by atoms with Gasteiger partial charge in [0, 0.05) is 37.8 Å². The minimum Gasteiger partial charge on any atom is -0.352 e. The van der Waals surface area contributed by atoms with Gasteiger partial charge in [-0.2, -0.15) is 0 Å². The van der Waals surface area contributed by atoms with Crippen LogP contribution >= 0.6 is 0 Å². The molecule has 2 heterocycles. The van der Waals surface area contributed by atoms with Crippen LogP contribution in [-0.4, -0.2) is 47.2 Å². The maximum atomic E-state index is 14.0.